The lowest BCUT2D eigenvalue weighted by molar-refractivity contribution is -0.121. The fraction of sp³-hybridized carbons (Fsp3) is 0.540. The van der Waals surface area contributed by atoms with Gasteiger partial charge in [-0.15, -0.1) is 0 Å². The first kappa shape index (κ1) is 62.6. The van der Waals surface area contributed by atoms with Crippen molar-refractivity contribution in [1.29, 1.82) is 0 Å². The first-order valence-electron chi connectivity index (χ1n) is 30.2. The number of aromatic amines is 1. The molecule has 4 aromatic heterocycles. The number of sulfone groups is 1. The normalized spacial score (nSPS) is 19.8. The third-order valence-electron chi connectivity index (χ3n) is 17.2. The summed E-state index contributed by atoms with van der Waals surface area (Å²) in [7, 11) is -3.85. The molecule has 24 heteroatoms. The molecule has 0 spiro atoms. The quantitative estimate of drug-likeness (QED) is 0.0890. The van der Waals surface area contributed by atoms with Crippen LogP contribution >= 0.6 is 0 Å². The van der Waals surface area contributed by atoms with Crippen molar-refractivity contribution in [3.8, 4) is 5.75 Å². The molecule has 8 heterocycles. The van der Waals surface area contributed by atoms with Gasteiger partial charge in [0.15, 0.2) is 15.7 Å². The van der Waals surface area contributed by atoms with Gasteiger partial charge in [-0.3, -0.25) is 34.4 Å². The van der Waals surface area contributed by atoms with E-state index < -0.39 is 20.2 Å². The fourth-order valence-corrected chi connectivity index (χ4v) is 13.2. The lowest BCUT2D eigenvalue weighted by Crippen LogP contribution is -2.65. The van der Waals surface area contributed by atoms with Crippen LogP contribution in [0, 0.1) is 19.7 Å². The van der Waals surface area contributed by atoms with Gasteiger partial charge in [0.2, 0.25) is 11.9 Å². The number of nitrogens with zero attached hydrogens (tertiary/aromatic N) is 13. The Balaban J connectivity index is 0.728. The van der Waals surface area contributed by atoms with Gasteiger partial charge < -0.3 is 34.4 Å². The number of piperazine rings is 3. The minimum atomic E-state index is -3.85. The van der Waals surface area contributed by atoms with Gasteiger partial charge in [-0.25, -0.2) is 37.5 Å². The molecule has 4 aliphatic rings. The fourth-order valence-electron chi connectivity index (χ4n) is 11.9. The Labute approximate surface area is 510 Å². The molecular weight excluding hydrogens is 1130 g/mol. The van der Waals surface area contributed by atoms with Crippen molar-refractivity contribution in [2.45, 2.75) is 135 Å². The van der Waals surface area contributed by atoms with Gasteiger partial charge >= 0.3 is 6.09 Å². The molecule has 0 bridgehead atoms. The van der Waals surface area contributed by atoms with Gasteiger partial charge in [0.05, 0.1) is 40.4 Å². The van der Waals surface area contributed by atoms with Crippen molar-refractivity contribution in [3.63, 3.8) is 0 Å². The number of halogens is 1. The zero-order valence-electron chi connectivity index (χ0n) is 52.4. The van der Waals surface area contributed by atoms with Crippen molar-refractivity contribution in [1.82, 2.24) is 59.6 Å². The molecule has 22 nitrogen and oxygen atoms in total. The number of pyridine rings is 1. The number of aryl methyl sites for hydroxylation is 1. The molecule has 3 amide bonds. The van der Waals surface area contributed by atoms with E-state index in [1.54, 1.807) is 62.3 Å². The number of benzene rings is 2. The number of H-pyrrole nitrogens is 1. The van der Waals surface area contributed by atoms with Crippen LogP contribution in [0.3, 0.4) is 0 Å². The van der Waals surface area contributed by atoms with E-state index >= 15 is 0 Å². The van der Waals surface area contributed by atoms with E-state index in [1.165, 1.54) is 18.5 Å². The van der Waals surface area contributed by atoms with Crippen LogP contribution in [0.5, 0.6) is 5.75 Å². The Morgan fingerprint density at radius 2 is 1.54 bits per heavy atom. The van der Waals surface area contributed by atoms with Gasteiger partial charge in [0.25, 0.3) is 5.91 Å². The summed E-state index contributed by atoms with van der Waals surface area (Å²) in [6.45, 7) is 30.2. The largest absolute Gasteiger partial charge is 0.492 e. The van der Waals surface area contributed by atoms with Crippen LogP contribution in [0.4, 0.5) is 32.5 Å². The highest BCUT2D eigenvalue weighted by atomic mass is 32.2. The Bertz CT molecular complexity index is 3600. The van der Waals surface area contributed by atoms with Gasteiger partial charge in [-0.2, -0.15) is 5.10 Å². The highest BCUT2D eigenvalue weighted by Crippen LogP contribution is 2.41. The molecule has 3 saturated heterocycles. The van der Waals surface area contributed by atoms with E-state index in [1.807, 2.05) is 63.6 Å². The van der Waals surface area contributed by atoms with Crippen LogP contribution in [0.25, 0.3) is 10.9 Å². The lowest BCUT2D eigenvalue weighted by Gasteiger charge is -2.48. The number of hydrogen-bond acceptors (Lipinski definition) is 18. The molecule has 1 unspecified atom stereocenters. The Morgan fingerprint density at radius 3 is 2.21 bits per heavy atom. The minimum absolute atomic E-state index is 0.0355. The van der Waals surface area contributed by atoms with Crippen LogP contribution in [-0.4, -0.2) is 206 Å². The van der Waals surface area contributed by atoms with E-state index in [0.717, 1.165) is 33.8 Å². The molecule has 0 aliphatic carbocycles. The molecule has 6 aromatic rings. The summed E-state index contributed by atoms with van der Waals surface area (Å²) >= 11 is 0. The third-order valence-corrected chi connectivity index (χ3v) is 19.7. The Hall–Kier alpha value is -7.41. The standard InChI is InChI=1S/C63H84FN15O7S/c1-40-33-76(24-23-75(40)35-48-36-78(60(82)86-61(5,6)7)41(2)34-77(48)37-54(80)79-38-63(11,12)55-51(79)27-45(30-65-55)26-44-14-16-47(64)17-15-44)59-66-31-46(32-67-59)58(81)74-21-19-73(20-22-74)18-13-25-85-52-29-50-49(28-53(52)87(83,84)62(8,9)10)57(69-39-68-50)70-56-42(3)43(4)71-72-56/h14-17,27-32,39-41,48H,13,18-26,33-38H2,1-12H3,(H2,68,69,70,71,72)/t40?,41-,48+/m1/s1. The number of carbonyl (C=O) groups is 3. The lowest BCUT2D eigenvalue weighted by atomic mass is 9.91. The molecule has 4 aliphatic heterocycles. The predicted molar refractivity (Wildman–Crippen MR) is 332 cm³/mol. The molecule has 10 rings (SSSR count). The van der Waals surface area contributed by atoms with Crippen LogP contribution in [0.1, 0.15) is 114 Å². The summed E-state index contributed by atoms with van der Waals surface area (Å²) in [4.78, 5) is 80.0. The molecule has 0 radical (unpaired) electrons. The van der Waals surface area contributed by atoms with Crippen LogP contribution in [0.15, 0.2) is 72.3 Å². The number of anilines is 4. The SMILES string of the molecule is Cc1[nH]nc(Nc2ncnc3cc(OCCCN4CCN(C(=O)c5cnc(N6CCN(C[C@H]7CN(C(=O)OC(C)(C)C)[C@H](C)CN7CC(=O)N7CC(C)(C)c8ncc(Cc9ccc(F)cc9)cc87)C(C)C6)nc5)CC4)c(S(=O)(=O)C(C)(C)C)cc23)c1C. The second-order valence-corrected chi connectivity index (χ2v) is 29.1. The van der Waals surface area contributed by atoms with Gasteiger partial charge in [0.1, 0.15) is 34.2 Å². The van der Waals surface area contributed by atoms with Crippen molar-refractivity contribution < 1.29 is 36.7 Å². The number of aromatic nitrogens is 7. The van der Waals surface area contributed by atoms with Crippen LogP contribution in [-0.2, 0) is 31.2 Å². The number of carbonyl (C=O) groups excluding carboxylic acids is 3. The molecule has 3 atom stereocenters. The number of ether oxygens (including phenoxy) is 2. The maximum Gasteiger partial charge on any atom is 0.410 e. The first-order chi connectivity index (χ1) is 41.1. The second kappa shape index (κ2) is 25.0. The van der Waals surface area contributed by atoms with E-state index in [-0.39, 0.29) is 71.1 Å². The summed E-state index contributed by atoms with van der Waals surface area (Å²) in [5.74, 6) is 1.34. The number of rotatable bonds is 16. The van der Waals surface area contributed by atoms with Crippen LogP contribution in [0.2, 0.25) is 0 Å². The van der Waals surface area contributed by atoms with Crippen molar-refractivity contribution in [2.75, 3.05) is 107 Å². The third kappa shape index (κ3) is 14.0. The molecule has 87 heavy (non-hydrogen) atoms. The van der Waals surface area contributed by atoms with Gasteiger partial charge in [-0.1, -0.05) is 26.0 Å². The van der Waals surface area contributed by atoms with E-state index in [0.29, 0.717) is 125 Å². The zero-order valence-corrected chi connectivity index (χ0v) is 53.2. The zero-order chi connectivity index (χ0) is 62.3. The average Bonchev–Trinajstić information content (AvgIpc) is 2.05. The number of nitrogens with one attached hydrogen (secondary N) is 2. The number of amides is 3. The van der Waals surface area contributed by atoms with E-state index in [4.69, 9.17) is 24.4 Å². The topological polar surface area (TPSA) is 232 Å². The number of hydrogen-bond donors (Lipinski definition) is 2. The summed E-state index contributed by atoms with van der Waals surface area (Å²) in [6, 6.07) is 11.4. The smallest absolute Gasteiger partial charge is 0.410 e. The van der Waals surface area contributed by atoms with Crippen LogP contribution < -0.4 is 19.9 Å². The van der Waals surface area contributed by atoms with Gasteiger partial charge in [0, 0.05) is 143 Å². The van der Waals surface area contributed by atoms with E-state index in [2.05, 4.69) is 65.9 Å². The minimum Gasteiger partial charge on any atom is -0.492 e. The van der Waals surface area contributed by atoms with Crippen molar-refractivity contribution in [3.05, 3.63) is 107 Å². The first-order valence-corrected chi connectivity index (χ1v) is 31.7. The molecule has 3 fully saturated rings. The summed E-state index contributed by atoms with van der Waals surface area (Å²) < 4.78 is 52.9. The highest BCUT2D eigenvalue weighted by molar-refractivity contribution is 7.92. The second-order valence-electron chi connectivity index (χ2n) is 26.4. The number of fused-ring (bicyclic) bond motifs is 2. The average molecular weight is 1210 g/mol. The monoisotopic (exact) mass is 1210 g/mol. The van der Waals surface area contributed by atoms with E-state index in [9.17, 15) is 27.2 Å². The van der Waals surface area contributed by atoms with Crippen molar-refractivity contribution in [2.24, 2.45) is 0 Å². The summed E-state index contributed by atoms with van der Waals surface area (Å²) in [5, 5.41) is 11.1. The molecule has 2 aromatic carbocycles. The Kier molecular flexibility index (Phi) is 18.0. The molecule has 466 valence electrons. The Morgan fingerprint density at radius 1 is 0.816 bits per heavy atom. The summed E-state index contributed by atoms with van der Waals surface area (Å²) in [6.07, 6.45) is 7.31. The van der Waals surface area contributed by atoms with Gasteiger partial charge in [-0.05, 0) is 117 Å². The summed E-state index contributed by atoms with van der Waals surface area (Å²) in [5.41, 5.74) is 5.27. The highest BCUT2D eigenvalue weighted by Gasteiger charge is 2.44. The maximum atomic E-state index is 14.7. The predicted octanol–water partition coefficient (Wildman–Crippen LogP) is 7.57. The molecular formula is C63H84FN15O7S. The molecule has 2 N–H and O–H groups in total. The maximum absolute atomic E-state index is 14.7. The molecule has 0 saturated carbocycles. The van der Waals surface area contributed by atoms with Crippen molar-refractivity contribution >= 4 is 61.9 Å².